The van der Waals surface area contributed by atoms with Crippen molar-refractivity contribution in [2.24, 2.45) is 0 Å². The van der Waals surface area contributed by atoms with Gasteiger partial charge in [-0.1, -0.05) is 12.1 Å². The maximum atomic E-state index is 12.9. The van der Waals surface area contributed by atoms with Crippen molar-refractivity contribution in [2.45, 2.75) is 24.9 Å². The van der Waals surface area contributed by atoms with Gasteiger partial charge in [0.05, 0.1) is 0 Å². The van der Waals surface area contributed by atoms with E-state index in [2.05, 4.69) is 9.97 Å². The van der Waals surface area contributed by atoms with Crippen LogP contribution in [0.25, 0.3) is 0 Å². The largest absolute Gasteiger partial charge is 0.378 e. The summed E-state index contributed by atoms with van der Waals surface area (Å²) in [6.07, 6.45) is 3.92. The number of carbonyl (C=O) groups excluding carboxylic acids is 1. The zero-order valence-electron chi connectivity index (χ0n) is 12.1. The number of nitrogens with zero attached hydrogens (tertiary/aromatic N) is 2. The van der Waals surface area contributed by atoms with Gasteiger partial charge in [0.2, 0.25) is 0 Å². The molecule has 1 aromatic carbocycles. The van der Waals surface area contributed by atoms with E-state index in [0.29, 0.717) is 24.6 Å². The van der Waals surface area contributed by atoms with E-state index in [0.717, 1.165) is 18.7 Å². The van der Waals surface area contributed by atoms with Gasteiger partial charge < -0.3 is 15.0 Å². The van der Waals surface area contributed by atoms with Crippen LogP contribution in [0.1, 0.15) is 36.3 Å². The molecule has 0 unspecified atom stereocenters. The quantitative estimate of drug-likeness (QED) is 0.911. The summed E-state index contributed by atoms with van der Waals surface area (Å²) in [5, 5.41) is 10.1. The number of piperidine rings is 1. The van der Waals surface area contributed by atoms with Crippen LogP contribution in [0, 0.1) is 5.82 Å². The molecule has 3 rings (SSSR count). The van der Waals surface area contributed by atoms with Crippen molar-refractivity contribution in [3.63, 3.8) is 0 Å². The highest BCUT2D eigenvalue weighted by Crippen LogP contribution is 2.27. The van der Waals surface area contributed by atoms with E-state index < -0.39 is 6.10 Å². The molecular formula is C16H18FN3O2. The van der Waals surface area contributed by atoms with E-state index in [9.17, 15) is 14.3 Å². The van der Waals surface area contributed by atoms with E-state index in [1.165, 1.54) is 24.3 Å². The molecule has 116 valence electrons. The molecule has 1 aliphatic rings. The van der Waals surface area contributed by atoms with E-state index >= 15 is 0 Å². The average molecular weight is 303 g/mol. The number of benzene rings is 1. The second-order valence-electron chi connectivity index (χ2n) is 5.53. The number of likely N-dealkylation sites (tertiary alicyclic amines) is 1. The summed E-state index contributed by atoms with van der Waals surface area (Å²) in [5.74, 6) is 0.556. The Morgan fingerprint density at radius 1 is 1.32 bits per heavy atom. The zero-order valence-corrected chi connectivity index (χ0v) is 12.1. The predicted molar refractivity (Wildman–Crippen MR) is 78.5 cm³/mol. The average Bonchev–Trinajstić information content (AvgIpc) is 3.09. The van der Waals surface area contributed by atoms with Crippen molar-refractivity contribution < 1.29 is 14.3 Å². The van der Waals surface area contributed by atoms with Crippen molar-refractivity contribution in [1.82, 2.24) is 14.9 Å². The van der Waals surface area contributed by atoms with Crippen molar-refractivity contribution in [3.05, 3.63) is 53.9 Å². The van der Waals surface area contributed by atoms with Gasteiger partial charge in [-0.2, -0.15) is 0 Å². The molecule has 1 saturated heterocycles. The van der Waals surface area contributed by atoms with Crippen molar-refractivity contribution in [1.29, 1.82) is 0 Å². The topological polar surface area (TPSA) is 69.2 Å². The first kappa shape index (κ1) is 14.7. The Morgan fingerprint density at radius 2 is 2.00 bits per heavy atom. The van der Waals surface area contributed by atoms with Crippen molar-refractivity contribution in [3.8, 4) is 0 Å². The maximum absolute atomic E-state index is 12.9. The molecule has 22 heavy (non-hydrogen) atoms. The zero-order chi connectivity index (χ0) is 15.5. The van der Waals surface area contributed by atoms with Gasteiger partial charge in [0, 0.05) is 31.4 Å². The van der Waals surface area contributed by atoms with Crippen LogP contribution in [0.3, 0.4) is 0 Å². The summed E-state index contributed by atoms with van der Waals surface area (Å²) in [6, 6.07) is 5.37. The Morgan fingerprint density at radius 3 is 2.59 bits per heavy atom. The monoisotopic (exact) mass is 303 g/mol. The molecule has 1 aromatic heterocycles. The Hall–Kier alpha value is -2.21. The SMILES string of the molecule is O=C([C@@H](O)c1ccc(F)cc1)N1CCC(c2ncc[nH]2)CC1. The number of halogens is 1. The number of aromatic nitrogens is 2. The fourth-order valence-corrected chi connectivity index (χ4v) is 2.83. The lowest BCUT2D eigenvalue weighted by molar-refractivity contribution is -0.141. The highest BCUT2D eigenvalue weighted by atomic mass is 19.1. The van der Waals surface area contributed by atoms with E-state index in [1.54, 1.807) is 17.3 Å². The molecule has 2 N–H and O–H groups in total. The predicted octanol–water partition coefficient (Wildman–Crippen LogP) is 1.99. The van der Waals surface area contributed by atoms with Crippen LogP contribution in [-0.4, -0.2) is 39.0 Å². The summed E-state index contributed by atoms with van der Waals surface area (Å²) >= 11 is 0. The second-order valence-corrected chi connectivity index (χ2v) is 5.53. The number of hydrogen-bond acceptors (Lipinski definition) is 3. The molecule has 1 atom stereocenters. The number of carbonyl (C=O) groups is 1. The summed E-state index contributed by atoms with van der Waals surface area (Å²) in [7, 11) is 0. The lowest BCUT2D eigenvalue weighted by Crippen LogP contribution is -2.40. The molecule has 1 aliphatic heterocycles. The third kappa shape index (κ3) is 3.01. The first-order chi connectivity index (χ1) is 10.6. The molecule has 6 heteroatoms. The summed E-state index contributed by atoms with van der Waals surface area (Å²) in [5.41, 5.74) is 0.416. The van der Waals surface area contributed by atoms with Crippen LogP contribution in [0.2, 0.25) is 0 Å². The van der Waals surface area contributed by atoms with Crippen LogP contribution in [0.5, 0.6) is 0 Å². The number of rotatable bonds is 3. The molecule has 0 aliphatic carbocycles. The molecule has 5 nitrogen and oxygen atoms in total. The fraction of sp³-hybridized carbons (Fsp3) is 0.375. The lowest BCUT2D eigenvalue weighted by atomic mass is 9.95. The summed E-state index contributed by atoms with van der Waals surface area (Å²) in [4.78, 5) is 21.4. The van der Waals surface area contributed by atoms with E-state index in [4.69, 9.17) is 0 Å². The number of nitrogens with one attached hydrogen (secondary N) is 1. The van der Waals surface area contributed by atoms with Crippen LogP contribution in [-0.2, 0) is 4.79 Å². The maximum Gasteiger partial charge on any atom is 0.256 e. The minimum absolute atomic E-state index is 0.321. The van der Waals surface area contributed by atoms with Crippen LogP contribution < -0.4 is 0 Å². The summed E-state index contributed by atoms with van der Waals surface area (Å²) in [6.45, 7) is 1.17. The van der Waals surface area contributed by atoms with Crippen LogP contribution in [0.4, 0.5) is 4.39 Å². The van der Waals surface area contributed by atoms with Crippen LogP contribution in [0.15, 0.2) is 36.7 Å². The normalized spacial score (nSPS) is 17.5. The highest BCUT2D eigenvalue weighted by molar-refractivity contribution is 5.82. The molecule has 0 saturated carbocycles. The molecule has 1 fully saturated rings. The minimum Gasteiger partial charge on any atom is -0.378 e. The Kier molecular flexibility index (Phi) is 4.20. The number of hydrogen-bond donors (Lipinski definition) is 2. The second kappa shape index (κ2) is 6.27. The molecular weight excluding hydrogens is 285 g/mol. The Balaban J connectivity index is 1.60. The third-order valence-electron chi connectivity index (χ3n) is 4.13. The van der Waals surface area contributed by atoms with Gasteiger partial charge in [-0.3, -0.25) is 4.79 Å². The van der Waals surface area contributed by atoms with Crippen LogP contribution >= 0.6 is 0 Å². The van der Waals surface area contributed by atoms with Gasteiger partial charge in [0.15, 0.2) is 6.10 Å². The van der Waals surface area contributed by atoms with Gasteiger partial charge >= 0.3 is 0 Å². The Bertz CT molecular complexity index is 619. The summed E-state index contributed by atoms with van der Waals surface area (Å²) < 4.78 is 12.9. The molecule has 0 radical (unpaired) electrons. The van der Waals surface area contributed by atoms with Crippen molar-refractivity contribution in [2.75, 3.05) is 13.1 Å². The molecule has 0 bridgehead atoms. The van der Waals surface area contributed by atoms with Crippen molar-refractivity contribution >= 4 is 5.91 Å². The molecule has 2 aromatic rings. The highest BCUT2D eigenvalue weighted by Gasteiger charge is 2.29. The first-order valence-corrected chi connectivity index (χ1v) is 7.37. The van der Waals surface area contributed by atoms with Gasteiger partial charge in [0.1, 0.15) is 11.6 Å². The Labute approximate surface area is 127 Å². The van der Waals surface area contributed by atoms with Gasteiger partial charge in [0.25, 0.3) is 5.91 Å². The number of aliphatic hydroxyl groups is 1. The van der Waals surface area contributed by atoms with Gasteiger partial charge in [-0.15, -0.1) is 0 Å². The molecule has 1 amide bonds. The molecule has 0 spiro atoms. The minimum atomic E-state index is -1.24. The van der Waals surface area contributed by atoms with E-state index in [1.807, 2.05) is 0 Å². The van der Waals surface area contributed by atoms with Gasteiger partial charge in [-0.25, -0.2) is 9.37 Å². The lowest BCUT2D eigenvalue weighted by Gasteiger charge is -2.32. The molecule has 2 heterocycles. The fourth-order valence-electron chi connectivity index (χ4n) is 2.83. The number of H-pyrrole nitrogens is 1. The van der Waals surface area contributed by atoms with E-state index in [-0.39, 0.29) is 11.7 Å². The standard InChI is InChI=1S/C16H18FN3O2/c17-13-3-1-11(2-4-13)14(21)16(22)20-9-5-12(6-10-20)15-18-7-8-19-15/h1-4,7-8,12,14,21H,5-6,9-10H2,(H,18,19)/t14-/m0/s1. The third-order valence-corrected chi connectivity index (χ3v) is 4.13. The number of imidazole rings is 1. The van der Waals surface area contributed by atoms with Gasteiger partial charge in [-0.05, 0) is 30.5 Å². The smallest absolute Gasteiger partial charge is 0.256 e. The number of aromatic amines is 1. The number of amides is 1. The first-order valence-electron chi connectivity index (χ1n) is 7.37. The number of aliphatic hydroxyl groups excluding tert-OH is 1.